The fourth-order valence-corrected chi connectivity index (χ4v) is 11.5. The largest absolute Gasteiger partial charge is 0.463 e. The summed E-state index contributed by atoms with van der Waals surface area (Å²) in [4.78, 5) is 49.9. The maximum absolute atomic E-state index is 13.5. The molecule has 13 nitrogen and oxygen atoms in total. The smallest absolute Gasteiger partial charge is 0.338 e. The molecule has 0 radical (unpaired) electrons. The van der Waals surface area contributed by atoms with Crippen LogP contribution in [0, 0.1) is 0 Å². The van der Waals surface area contributed by atoms with Gasteiger partial charge in [-0.05, 0) is 27.5 Å². The van der Waals surface area contributed by atoms with Gasteiger partial charge in [0.15, 0.2) is 30.9 Å². The number of benzene rings is 3. The molecule has 2 aliphatic heterocycles. The van der Waals surface area contributed by atoms with Crippen LogP contribution in [0.4, 0.5) is 0 Å². The molecule has 5 rings (SSSR count). The van der Waals surface area contributed by atoms with Gasteiger partial charge in [0.05, 0.1) is 12.2 Å². The van der Waals surface area contributed by atoms with Crippen LogP contribution in [-0.4, -0.2) is 102 Å². The minimum Gasteiger partial charge on any atom is -0.463 e. The average molecular weight is 765 g/mol. The molecule has 14 heteroatoms. The molecule has 2 heterocycles. The van der Waals surface area contributed by atoms with Crippen LogP contribution in [0.25, 0.3) is 0 Å². The Labute approximate surface area is 316 Å². The number of rotatable bonds is 14. The van der Waals surface area contributed by atoms with Gasteiger partial charge in [-0.15, -0.1) is 0 Å². The number of ether oxygens (including phenoxy) is 8. The van der Waals surface area contributed by atoms with E-state index in [0.29, 0.717) is 0 Å². The van der Waals surface area contributed by atoms with Crippen molar-refractivity contribution in [3.63, 3.8) is 0 Å². The van der Waals surface area contributed by atoms with Gasteiger partial charge in [-0.2, -0.15) is 0 Å². The summed E-state index contributed by atoms with van der Waals surface area (Å²) in [6, 6.07) is 28.5. The molecule has 0 bridgehead atoms. The molecule has 8 atom stereocenters. The van der Waals surface area contributed by atoms with E-state index in [4.69, 9.17) is 42.3 Å². The zero-order valence-electron chi connectivity index (χ0n) is 31.5. The molecule has 0 aliphatic carbocycles. The predicted octanol–water partition coefficient (Wildman–Crippen LogP) is 3.70. The second-order valence-electron chi connectivity index (χ2n) is 14.1. The summed E-state index contributed by atoms with van der Waals surface area (Å²) in [5.74, 6) is -2.67. The Morgan fingerprint density at radius 3 is 1.59 bits per heavy atom. The van der Waals surface area contributed by atoms with Crippen LogP contribution >= 0.6 is 0 Å². The summed E-state index contributed by atoms with van der Waals surface area (Å²) in [6.45, 7) is 9.62. The lowest BCUT2D eigenvalue weighted by atomic mass is 10.1. The molecule has 0 amide bonds. The van der Waals surface area contributed by atoms with Gasteiger partial charge in [-0.25, -0.2) is 4.79 Å². The highest BCUT2D eigenvalue weighted by Crippen LogP contribution is 2.39. The van der Waals surface area contributed by atoms with E-state index in [1.54, 1.807) is 30.3 Å². The van der Waals surface area contributed by atoms with Crippen LogP contribution in [-0.2, 0) is 56.7 Å². The highest BCUT2D eigenvalue weighted by atomic mass is 28.4. The lowest BCUT2D eigenvalue weighted by molar-refractivity contribution is -0.222. The molecule has 54 heavy (non-hydrogen) atoms. The van der Waals surface area contributed by atoms with Crippen molar-refractivity contribution >= 4 is 42.6 Å². The Kier molecular flexibility index (Phi) is 13.4. The fraction of sp³-hybridized carbons (Fsp3) is 0.450. The molecule has 3 aromatic carbocycles. The minimum absolute atomic E-state index is 0.0492. The molecule has 3 aromatic rings. The van der Waals surface area contributed by atoms with Crippen LogP contribution < -0.4 is 10.4 Å². The van der Waals surface area contributed by atoms with Gasteiger partial charge in [0.25, 0.3) is 8.32 Å². The zero-order chi connectivity index (χ0) is 39.0. The number of methoxy groups -OCH3 is 1. The quantitative estimate of drug-likeness (QED) is 0.134. The standard InChI is InChI=1S/C40H48O13Si/c1-25(41)46-23-31-33(48-26(2)42)36(49-27(3)43)39(51-31)53-34-32(50-38(45-7)35(34)52-37(44)28-17-11-8-12-18-28)24-47-54(40(4,5)6,29-19-13-9-14-20-29)30-21-15-10-16-22-30/h8-22,31-36,38-39H,23-24H2,1-7H3/t31-,32-,33-,34-,35+,36+,38+,39-/m1/s1. The van der Waals surface area contributed by atoms with E-state index in [2.05, 4.69) is 45.0 Å². The van der Waals surface area contributed by atoms with E-state index < -0.39 is 81.4 Å². The Balaban J connectivity index is 1.55. The third-order valence-corrected chi connectivity index (χ3v) is 14.3. The summed E-state index contributed by atoms with van der Waals surface area (Å²) in [5, 5.41) is 1.67. The van der Waals surface area contributed by atoms with Crippen LogP contribution in [0.5, 0.6) is 0 Å². The molecule has 0 N–H and O–H groups in total. The van der Waals surface area contributed by atoms with Gasteiger partial charge >= 0.3 is 23.9 Å². The van der Waals surface area contributed by atoms with Crippen molar-refractivity contribution in [1.29, 1.82) is 0 Å². The molecule has 0 aromatic heterocycles. The molecule has 2 fully saturated rings. The van der Waals surface area contributed by atoms with Crippen molar-refractivity contribution in [1.82, 2.24) is 0 Å². The van der Waals surface area contributed by atoms with Crippen LogP contribution in [0.3, 0.4) is 0 Å². The first-order chi connectivity index (χ1) is 25.7. The first-order valence-corrected chi connectivity index (χ1v) is 19.6. The lowest BCUT2D eigenvalue weighted by Gasteiger charge is -2.43. The first kappa shape index (κ1) is 40.7. The van der Waals surface area contributed by atoms with E-state index >= 15 is 0 Å². The second-order valence-corrected chi connectivity index (χ2v) is 18.4. The Morgan fingerprint density at radius 1 is 0.611 bits per heavy atom. The summed E-state index contributed by atoms with van der Waals surface area (Å²) in [6.07, 6.45) is -9.39. The van der Waals surface area contributed by atoms with Crippen molar-refractivity contribution in [2.24, 2.45) is 0 Å². The van der Waals surface area contributed by atoms with Crippen molar-refractivity contribution in [3.8, 4) is 0 Å². The Bertz CT molecular complexity index is 1680. The van der Waals surface area contributed by atoms with Crippen LogP contribution in [0.15, 0.2) is 91.0 Å². The summed E-state index contributed by atoms with van der Waals surface area (Å²) in [5.41, 5.74) is 0.282. The van der Waals surface area contributed by atoms with Gasteiger partial charge in [-0.3, -0.25) is 14.4 Å². The molecule has 290 valence electrons. The van der Waals surface area contributed by atoms with Gasteiger partial charge in [0, 0.05) is 27.9 Å². The van der Waals surface area contributed by atoms with Crippen molar-refractivity contribution in [3.05, 3.63) is 96.6 Å². The molecule has 2 saturated heterocycles. The van der Waals surface area contributed by atoms with Crippen LogP contribution in [0.2, 0.25) is 5.04 Å². The number of hydrogen-bond donors (Lipinski definition) is 0. The summed E-state index contributed by atoms with van der Waals surface area (Å²) in [7, 11) is -1.70. The molecule has 0 saturated carbocycles. The number of esters is 4. The summed E-state index contributed by atoms with van der Waals surface area (Å²) < 4.78 is 54.6. The van der Waals surface area contributed by atoms with Crippen molar-refractivity contribution in [2.45, 2.75) is 95.8 Å². The van der Waals surface area contributed by atoms with Gasteiger partial charge in [-0.1, -0.05) is 99.6 Å². The third kappa shape index (κ3) is 9.25. The van der Waals surface area contributed by atoms with Crippen LogP contribution in [0.1, 0.15) is 51.9 Å². The van der Waals surface area contributed by atoms with E-state index in [1.807, 2.05) is 36.4 Å². The van der Waals surface area contributed by atoms with E-state index in [0.717, 1.165) is 10.4 Å². The minimum atomic E-state index is -3.12. The van der Waals surface area contributed by atoms with E-state index in [-0.39, 0.29) is 23.8 Å². The molecular weight excluding hydrogens is 717 g/mol. The predicted molar refractivity (Wildman–Crippen MR) is 196 cm³/mol. The molecular formula is C40H48O13Si. The van der Waals surface area contributed by atoms with E-state index in [9.17, 15) is 19.2 Å². The number of hydrogen-bond acceptors (Lipinski definition) is 13. The van der Waals surface area contributed by atoms with Gasteiger partial charge in [0.1, 0.15) is 24.9 Å². The maximum Gasteiger partial charge on any atom is 0.338 e. The topological polar surface area (TPSA) is 151 Å². The molecule has 0 unspecified atom stereocenters. The highest BCUT2D eigenvalue weighted by molar-refractivity contribution is 6.99. The maximum atomic E-state index is 13.5. The monoisotopic (exact) mass is 764 g/mol. The zero-order valence-corrected chi connectivity index (χ0v) is 32.5. The van der Waals surface area contributed by atoms with Gasteiger partial charge < -0.3 is 42.3 Å². The fourth-order valence-electron chi connectivity index (χ4n) is 6.98. The lowest BCUT2D eigenvalue weighted by Crippen LogP contribution is -2.67. The Hall–Kier alpha value is -4.44. The Morgan fingerprint density at radius 2 is 1.09 bits per heavy atom. The summed E-state index contributed by atoms with van der Waals surface area (Å²) >= 11 is 0. The number of carbonyl (C=O) groups is 4. The van der Waals surface area contributed by atoms with E-state index in [1.165, 1.54) is 27.9 Å². The average Bonchev–Trinajstić information content (AvgIpc) is 3.63. The number of carbonyl (C=O) groups excluding carboxylic acids is 4. The third-order valence-electron chi connectivity index (χ3n) is 9.25. The molecule has 0 spiro atoms. The SMILES string of the molecule is CO[C@H]1O[C@H](CO[Si](c2ccccc2)(c2ccccc2)C(C)(C)C)[C@@H](O[C@H]2O[C@H](COC(C)=O)[C@@H](OC(C)=O)[C@@H]2OC(C)=O)[C@@H]1OC(=O)c1ccccc1. The molecule has 2 aliphatic rings. The first-order valence-electron chi connectivity index (χ1n) is 17.7. The van der Waals surface area contributed by atoms with Crippen molar-refractivity contribution in [2.75, 3.05) is 20.3 Å². The highest BCUT2D eigenvalue weighted by Gasteiger charge is 2.57. The second kappa shape index (κ2) is 17.8. The normalized spacial score (nSPS) is 25.5. The van der Waals surface area contributed by atoms with Crippen molar-refractivity contribution < 1.29 is 61.5 Å². The van der Waals surface area contributed by atoms with Gasteiger partial charge in [0.2, 0.25) is 0 Å².